The Morgan fingerprint density at radius 1 is 1.38 bits per heavy atom. The van der Waals surface area contributed by atoms with Crippen molar-refractivity contribution in [1.29, 1.82) is 0 Å². The number of rotatable bonds is 4. The number of hydrogen-bond donors (Lipinski definition) is 0. The van der Waals surface area contributed by atoms with Crippen LogP contribution in [0.3, 0.4) is 0 Å². The fourth-order valence-corrected chi connectivity index (χ4v) is 2.68. The molecule has 1 aromatic heterocycles. The molecule has 1 fully saturated rings. The molecule has 3 nitrogen and oxygen atoms in total. The summed E-state index contributed by atoms with van der Waals surface area (Å²) >= 11 is 6.01. The second-order valence-corrected chi connectivity index (χ2v) is 5.78. The van der Waals surface area contributed by atoms with Gasteiger partial charge in [0.2, 0.25) is 0 Å². The summed E-state index contributed by atoms with van der Waals surface area (Å²) in [7, 11) is 1.93. The van der Waals surface area contributed by atoms with E-state index in [1.165, 1.54) is 12.1 Å². The van der Waals surface area contributed by atoms with Crippen LogP contribution in [-0.2, 0) is 13.6 Å². The van der Waals surface area contributed by atoms with Crippen LogP contribution in [0.5, 0.6) is 0 Å². The minimum Gasteiger partial charge on any atom is -0.353 e. The average Bonchev–Trinajstić information content (AvgIpc) is 3.19. The molecular formula is C16H16ClFN2O. The number of carbonyl (C=O) groups excluding carboxylic acids is 1. The van der Waals surface area contributed by atoms with Gasteiger partial charge in [0.25, 0.3) is 5.91 Å². The zero-order valence-corrected chi connectivity index (χ0v) is 12.5. The lowest BCUT2D eigenvalue weighted by atomic mass is 10.1. The molecule has 110 valence electrons. The van der Waals surface area contributed by atoms with Crippen LogP contribution in [0.15, 0.2) is 36.5 Å². The van der Waals surface area contributed by atoms with Crippen molar-refractivity contribution >= 4 is 17.5 Å². The van der Waals surface area contributed by atoms with Gasteiger partial charge in [-0.25, -0.2) is 4.39 Å². The lowest BCUT2D eigenvalue weighted by Gasteiger charge is -2.23. The van der Waals surface area contributed by atoms with E-state index in [1.807, 2.05) is 29.9 Å². The molecule has 1 amide bonds. The van der Waals surface area contributed by atoms with Crippen molar-refractivity contribution < 1.29 is 9.18 Å². The van der Waals surface area contributed by atoms with Gasteiger partial charge in [-0.15, -0.1) is 0 Å². The molecule has 1 saturated carbocycles. The first-order valence-corrected chi connectivity index (χ1v) is 7.31. The van der Waals surface area contributed by atoms with Crippen LogP contribution >= 0.6 is 11.6 Å². The largest absolute Gasteiger partial charge is 0.353 e. The number of benzene rings is 1. The van der Waals surface area contributed by atoms with E-state index in [1.54, 1.807) is 11.0 Å². The van der Waals surface area contributed by atoms with Crippen molar-refractivity contribution in [2.75, 3.05) is 0 Å². The molecular weight excluding hydrogens is 291 g/mol. The van der Waals surface area contributed by atoms with E-state index in [9.17, 15) is 9.18 Å². The molecule has 0 atom stereocenters. The second-order valence-electron chi connectivity index (χ2n) is 5.37. The summed E-state index contributed by atoms with van der Waals surface area (Å²) in [6.45, 7) is 0.470. The van der Waals surface area contributed by atoms with Crippen molar-refractivity contribution in [3.05, 3.63) is 58.6 Å². The molecule has 0 radical (unpaired) electrons. The number of carbonyl (C=O) groups is 1. The van der Waals surface area contributed by atoms with Crippen molar-refractivity contribution in [1.82, 2.24) is 9.47 Å². The van der Waals surface area contributed by atoms with Gasteiger partial charge in [0.1, 0.15) is 5.82 Å². The van der Waals surface area contributed by atoms with E-state index in [4.69, 9.17) is 11.6 Å². The highest BCUT2D eigenvalue weighted by atomic mass is 35.5. The first-order chi connectivity index (χ1) is 10.1. The molecule has 1 aliphatic rings. The van der Waals surface area contributed by atoms with E-state index in [-0.39, 0.29) is 22.5 Å². The fraction of sp³-hybridized carbons (Fsp3) is 0.312. The zero-order valence-electron chi connectivity index (χ0n) is 11.7. The quantitative estimate of drug-likeness (QED) is 0.847. The van der Waals surface area contributed by atoms with Gasteiger partial charge in [0.05, 0.1) is 17.1 Å². The average molecular weight is 307 g/mol. The molecule has 0 aliphatic heterocycles. The molecule has 2 aromatic rings. The van der Waals surface area contributed by atoms with Crippen LogP contribution in [-0.4, -0.2) is 21.4 Å². The van der Waals surface area contributed by atoms with Gasteiger partial charge in [-0.05, 0) is 37.1 Å². The van der Waals surface area contributed by atoms with Crippen molar-refractivity contribution in [3.63, 3.8) is 0 Å². The second kappa shape index (κ2) is 5.53. The van der Waals surface area contributed by atoms with Gasteiger partial charge in [0.15, 0.2) is 0 Å². The van der Waals surface area contributed by atoms with Gasteiger partial charge in [0, 0.05) is 25.0 Å². The molecule has 0 N–H and O–H groups in total. The van der Waals surface area contributed by atoms with Crippen LogP contribution in [0, 0.1) is 5.82 Å². The van der Waals surface area contributed by atoms with Crippen molar-refractivity contribution in [2.24, 2.45) is 7.05 Å². The molecule has 0 unspecified atom stereocenters. The van der Waals surface area contributed by atoms with E-state index in [0.29, 0.717) is 6.54 Å². The highest BCUT2D eigenvalue weighted by molar-refractivity contribution is 6.33. The molecule has 21 heavy (non-hydrogen) atoms. The number of nitrogens with zero attached hydrogens (tertiary/aromatic N) is 2. The first kappa shape index (κ1) is 14.1. The molecule has 1 heterocycles. The molecule has 1 aromatic carbocycles. The number of aryl methyl sites for hydroxylation is 1. The van der Waals surface area contributed by atoms with E-state index in [2.05, 4.69) is 0 Å². The summed E-state index contributed by atoms with van der Waals surface area (Å²) in [5, 5.41) is 0.164. The molecule has 0 bridgehead atoms. The van der Waals surface area contributed by atoms with Crippen LogP contribution in [0.25, 0.3) is 0 Å². The Bertz CT molecular complexity index is 658. The van der Waals surface area contributed by atoms with Crippen LogP contribution in [0.4, 0.5) is 4.39 Å². The van der Waals surface area contributed by atoms with Gasteiger partial charge >= 0.3 is 0 Å². The SMILES string of the molecule is Cn1cccc1CN(C(=O)c1c(F)cccc1Cl)C1CC1. The lowest BCUT2D eigenvalue weighted by molar-refractivity contribution is 0.0722. The summed E-state index contributed by atoms with van der Waals surface area (Å²) in [5.74, 6) is -0.896. The Hall–Kier alpha value is -1.81. The number of halogens is 2. The fourth-order valence-electron chi connectivity index (χ4n) is 2.43. The van der Waals surface area contributed by atoms with Crippen LogP contribution in [0.1, 0.15) is 28.9 Å². The Morgan fingerprint density at radius 2 is 2.14 bits per heavy atom. The summed E-state index contributed by atoms with van der Waals surface area (Å²) in [6, 6.07) is 8.40. The minimum absolute atomic E-state index is 0.0275. The Balaban J connectivity index is 1.91. The van der Waals surface area contributed by atoms with Crippen molar-refractivity contribution in [3.8, 4) is 0 Å². The predicted molar refractivity (Wildman–Crippen MR) is 79.7 cm³/mol. The minimum atomic E-state index is -0.565. The molecule has 0 saturated heterocycles. The maximum absolute atomic E-state index is 14.0. The predicted octanol–water partition coefficient (Wildman–Crippen LogP) is 3.62. The Labute approximate surface area is 127 Å². The summed E-state index contributed by atoms with van der Waals surface area (Å²) in [4.78, 5) is 14.4. The monoisotopic (exact) mass is 306 g/mol. The number of hydrogen-bond acceptors (Lipinski definition) is 1. The van der Waals surface area contributed by atoms with Crippen LogP contribution in [0.2, 0.25) is 5.02 Å². The van der Waals surface area contributed by atoms with Gasteiger partial charge in [-0.1, -0.05) is 17.7 Å². The molecule has 5 heteroatoms. The highest BCUT2D eigenvalue weighted by Gasteiger charge is 2.35. The summed E-state index contributed by atoms with van der Waals surface area (Å²) in [5.41, 5.74) is 0.989. The summed E-state index contributed by atoms with van der Waals surface area (Å²) < 4.78 is 15.9. The Kier molecular flexibility index (Phi) is 3.72. The van der Waals surface area contributed by atoms with E-state index >= 15 is 0 Å². The third-order valence-corrected chi connectivity index (χ3v) is 4.12. The highest BCUT2D eigenvalue weighted by Crippen LogP contribution is 2.31. The third-order valence-electron chi connectivity index (χ3n) is 3.81. The number of amides is 1. The zero-order chi connectivity index (χ0) is 15.0. The molecule has 1 aliphatic carbocycles. The van der Waals surface area contributed by atoms with E-state index < -0.39 is 5.82 Å². The van der Waals surface area contributed by atoms with Gasteiger partial charge in [-0.2, -0.15) is 0 Å². The molecule has 0 spiro atoms. The molecule has 3 rings (SSSR count). The normalized spacial score (nSPS) is 14.2. The first-order valence-electron chi connectivity index (χ1n) is 6.93. The van der Waals surface area contributed by atoms with Gasteiger partial charge in [-0.3, -0.25) is 4.79 Å². The number of aromatic nitrogens is 1. The smallest absolute Gasteiger partial charge is 0.258 e. The third kappa shape index (κ3) is 2.81. The standard InChI is InChI=1S/C16H16ClFN2O/c1-19-9-3-4-12(19)10-20(11-7-8-11)16(21)15-13(17)5-2-6-14(15)18/h2-6,9,11H,7-8,10H2,1H3. The lowest BCUT2D eigenvalue weighted by Crippen LogP contribution is -2.34. The Morgan fingerprint density at radius 3 is 2.71 bits per heavy atom. The maximum Gasteiger partial charge on any atom is 0.258 e. The maximum atomic E-state index is 14.0. The van der Waals surface area contributed by atoms with E-state index in [0.717, 1.165) is 18.5 Å². The summed E-state index contributed by atoms with van der Waals surface area (Å²) in [6.07, 6.45) is 3.85. The van der Waals surface area contributed by atoms with Crippen molar-refractivity contribution in [2.45, 2.75) is 25.4 Å². The topological polar surface area (TPSA) is 25.2 Å². The van der Waals surface area contributed by atoms with Crippen LogP contribution < -0.4 is 0 Å². The van der Waals surface area contributed by atoms with Gasteiger partial charge < -0.3 is 9.47 Å².